The van der Waals surface area contributed by atoms with Gasteiger partial charge in [0.1, 0.15) is 5.75 Å². The van der Waals surface area contributed by atoms with E-state index in [4.69, 9.17) is 4.74 Å². The number of benzene rings is 3. The lowest BCUT2D eigenvalue weighted by Gasteiger charge is -2.11. The van der Waals surface area contributed by atoms with Gasteiger partial charge in [0, 0.05) is 25.0 Å². The third-order valence-electron chi connectivity index (χ3n) is 5.22. The minimum Gasteiger partial charge on any atom is -0.495 e. The number of hydrogen-bond donors (Lipinski definition) is 1. The monoisotopic (exact) mass is 423 g/mol. The predicted octanol–water partition coefficient (Wildman–Crippen LogP) is 4.80. The first-order chi connectivity index (χ1) is 15.7. The van der Waals surface area contributed by atoms with E-state index in [1.807, 2.05) is 59.3 Å². The largest absolute Gasteiger partial charge is 0.495 e. The lowest BCUT2D eigenvalue weighted by molar-refractivity contribution is -0.116. The zero-order valence-electron chi connectivity index (χ0n) is 17.9. The maximum Gasteiger partial charge on any atom is 0.244 e. The number of rotatable bonds is 8. The molecule has 0 saturated heterocycles. The van der Waals surface area contributed by atoms with Crippen molar-refractivity contribution in [2.45, 2.75) is 13.0 Å². The number of hydrogen-bond acceptors (Lipinski definition) is 3. The summed E-state index contributed by atoms with van der Waals surface area (Å²) in [6.07, 6.45) is 9.46. The highest BCUT2D eigenvalue weighted by molar-refractivity contribution is 5.91. The first-order valence-corrected chi connectivity index (χ1v) is 10.5. The molecule has 160 valence electrons. The van der Waals surface area contributed by atoms with Crippen molar-refractivity contribution in [3.8, 4) is 11.4 Å². The number of aromatic nitrogens is 2. The number of nitrogens with zero attached hydrogens (tertiary/aromatic N) is 2. The van der Waals surface area contributed by atoms with E-state index >= 15 is 0 Å². The first kappa shape index (κ1) is 21.1. The molecule has 0 saturated carbocycles. The van der Waals surface area contributed by atoms with Crippen molar-refractivity contribution in [1.29, 1.82) is 0 Å². The van der Waals surface area contributed by atoms with Crippen LogP contribution in [0, 0.1) is 0 Å². The minimum absolute atomic E-state index is 0.142. The van der Waals surface area contributed by atoms with Crippen LogP contribution in [0.1, 0.15) is 22.3 Å². The smallest absolute Gasteiger partial charge is 0.244 e. The molecule has 5 nitrogen and oxygen atoms in total. The molecular formula is C27H25N3O2. The summed E-state index contributed by atoms with van der Waals surface area (Å²) in [6, 6.07) is 24.3. The van der Waals surface area contributed by atoms with Gasteiger partial charge >= 0.3 is 0 Å². The minimum atomic E-state index is -0.142. The normalized spacial score (nSPS) is 10.9. The summed E-state index contributed by atoms with van der Waals surface area (Å²) in [4.78, 5) is 16.5. The zero-order valence-corrected chi connectivity index (χ0v) is 17.9. The second-order valence-electron chi connectivity index (χ2n) is 7.38. The van der Waals surface area contributed by atoms with Crippen LogP contribution in [0.5, 0.6) is 5.75 Å². The van der Waals surface area contributed by atoms with Gasteiger partial charge in [0.25, 0.3) is 0 Å². The second kappa shape index (κ2) is 10.3. The van der Waals surface area contributed by atoms with Crippen LogP contribution in [0.2, 0.25) is 0 Å². The van der Waals surface area contributed by atoms with Gasteiger partial charge in [-0.3, -0.25) is 4.79 Å². The Kier molecular flexibility index (Phi) is 6.78. The molecule has 0 fully saturated rings. The number of carbonyl (C=O) groups excluding carboxylic acids is 1. The number of methoxy groups -OCH3 is 1. The Labute approximate surface area is 188 Å². The maximum absolute atomic E-state index is 12.4. The summed E-state index contributed by atoms with van der Waals surface area (Å²) in [6.45, 7) is 0.481. The third-order valence-corrected chi connectivity index (χ3v) is 5.22. The third kappa shape index (κ3) is 5.32. The molecule has 0 unspecified atom stereocenters. The summed E-state index contributed by atoms with van der Waals surface area (Å²) in [5, 5.41) is 2.99. The molecule has 1 heterocycles. The van der Waals surface area contributed by atoms with Gasteiger partial charge in [-0.05, 0) is 46.9 Å². The van der Waals surface area contributed by atoms with E-state index in [9.17, 15) is 4.79 Å². The topological polar surface area (TPSA) is 56.1 Å². The van der Waals surface area contributed by atoms with E-state index in [1.165, 1.54) is 11.1 Å². The van der Waals surface area contributed by atoms with Gasteiger partial charge in [-0.2, -0.15) is 0 Å². The Bertz CT molecular complexity index is 1200. The summed E-state index contributed by atoms with van der Waals surface area (Å²) >= 11 is 0. The van der Waals surface area contributed by atoms with Crippen LogP contribution in [0.15, 0.2) is 97.6 Å². The molecule has 0 aliphatic carbocycles. The van der Waals surface area contributed by atoms with Crippen molar-refractivity contribution in [2.24, 2.45) is 0 Å². The highest BCUT2D eigenvalue weighted by Gasteiger charge is 2.07. The fraction of sp³-hybridized carbons (Fsp3) is 0.111. The lowest BCUT2D eigenvalue weighted by Crippen LogP contribution is -2.21. The van der Waals surface area contributed by atoms with Crippen LogP contribution in [-0.2, 0) is 17.8 Å². The van der Waals surface area contributed by atoms with Crippen LogP contribution in [0.3, 0.4) is 0 Å². The number of carbonyl (C=O) groups is 1. The van der Waals surface area contributed by atoms with Gasteiger partial charge in [-0.25, -0.2) is 4.98 Å². The summed E-state index contributed by atoms with van der Waals surface area (Å²) in [5.41, 5.74) is 5.35. The fourth-order valence-corrected chi connectivity index (χ4v) is 3.54. The summed E-state index contributed by atoms with van der Waals surface area (Å²) in [5.74, 6) is 0.567. The molecular weight excluding hydrogens is 398 g/mol. The average molecular weight is 424 g/mol. The Balaban J connectivity index is 1.39. The highest BCUT2D eigenvalue weighted by atomic mass is 16.5. The molecule has 1 aromatic heterocycles. The van der Waals surface area contributed by atoms with Crippen LogP contribution in [0.4, 0.5) is 0 Å². The number of amides is 1. The fourth-order valence-electron chi connectivity index (χ4n) is 3.54. The Morgan fingerprint density at radius 2 is 1.81 bits per heavy atom. The summed E-state index contributed by atoms with van der Waals surface area (Å²) < 4.78 is 7.38. The molecule has 0 atom stereocenters. The highest BCUT2D eigenvalue weighted by Crippen LogP contribution is 2.24. The molecule has 0 radical (unpaired) electrons. The van der Waals surface area contributed by atoms with Crippen molar-refractivity contribution in [3.63, 3.8) is 0 Å². The van der Waals surface area contributed by atoms with E-state index in [2.05, 4.69) is 34.6 Å². The van der Waals surface area contributed by atoms with Crippen LogP contribution in [-0.4, -0.2) is 22.6 Å². The Morgan fingerprint density at radius 3 is 2.56 bits per heavy atom. The molecule has 1 N–H and O–H groups in total. The van der Waals surface area contributed by atoms with Crippen LogP contribution >= 0.6 is 0 Å². The van der Waals surface area contributed by atoms with E-state index in [-0.39, 0.29) is 5.91 Å². The zero-order chi connectivity index (χ0) is 22.2. The quantitative estimate of drug-likeness (QED) is 0.414. The molecule has 0 aliphatic rings. The number of nitrogens with one attached hydrogen (secondary N) is 1. The Morgan fingerprint density at radius 1 is 1.03 bits per heavy atom. The molecule has 0 spiro atoms. The molecule has 4 aromatic rings. The standard InChI is InChI=1S/C27H25N3O2/c1-32-26-18-22(11-13-25(26)30-16-15-28-20-30)12-14-27(31)29-19-24-10-6-5-9-23(24)17-21-7-3-2-4-8-21/h2-16,18,20H,17,19H2,1H3,(H,29,31)/b14-12+. The SMILES string of the molecule is COc1cc(/C=C/C(=O)NCc2ccccc2Cc2ccccc2)ccc1-n1ccnc1. The lowest BCUT2D eigenvalue weighted by atomic mass is 10.00. The van der Waals surface area contributed by atoms with E-state index < -0.39 is 0 Å². The Hall–Kier alpha value is -4.12. The molecule has 0 aliphatic heterocycles. The van der Waals surface area contributed by atoms with Crippen LogP contribution < -0.4 is 10.1 Å². The summed E-state index contributed by atoms with van der Waals surface area (Å²) in [7, 11) is 1.63. The van der Waals surface area contributed by atoms with Gasteiger partial charge in [-0.1, -0.05) is 60.7 Å². The van der Waals surface area contributed by atoms with E-state index in [1.54, 1.807) is 31.8 Å². The first-order valence-electron chi connectivity index (χ1n) is 10.5. The molecule has 1 amide bonds. The van der Waals surface area contributed by atoms with Crippen molar-refractivity contribution in [1.82, 2.24) is 14.9 Å². The van der Waals surface area contributed by atoms with Gasteiger partial charge < -0.3 is 14.6 Å². The maximum atomic E-state index is 12.4. The van der Waals surface area contributed by atoms with Gasteiger partial charge in [-0.15, -0.1) is 0 Å². The second-order valence-corrected chi connectivity index (χ2v) is 7.38. The van der Waals surface area contributed by atoms with Crippen molar-refractivity contribution >= 4 is 12.0 Å². The average Bonchev–Trinajstić information content (AvgIpc) is 3.37. The molecule has 3 aromatic carbocycles. The van der Waals surface area contributed by atoms with E-state index in [0.29, 0.717) is 12.3 Å². The molecule has 4 rings (SSSR count). The van der Waals surface area contributed by atoms with Crippen molar-refractivity contribution in [3.05, 3.63) is 120 Å². The number of imidazole rings is 1. The molecule has 32 heavy (non-hydrogen) atoms. The van der Waals surface area contributed by atoms with Gasteiger partial charge in [0.2, 0.25) is 5.91 Å². The van der Waals surface area contributed by atoms with Crippen molar-refractivity contribution in [2.75, 3.05) is 7.11 Å². The van der Waals surface area contributed by atoms with Gasteiger partial charge in [0.05, 0.1) is 19.1 Å². The molecule has 0 bridgehead atoms. The number of ether oxygens (including phenoxy) is 1. The van der Waals surface area contributed by atoms with Gasteiger partial charge in [0.15, 0.2) is 0 Å². The van der Waals surface area contributed by atoms with Crippen LogP contribution in [0.25, 0.3) is 11.8 Å². The predicted molar refractivity (Wildman–Crippen MR) is 127 cm³/mol. The molecule has 5 heteroatoms. The van der Waals surface area contributed by atoms with E-state index in [0.717, 1.165) is 23.2 Å². The van der Waals surface area contributed by atoms with Crippen molar-refractivity contribution < 1.29 is 9.53 Å².